The number of halogens is 2. The molecule has 0 unspecified atom stereocenters. The van der Waals surface area contributed by atoms with Crippen molar-refractivity contribution in [2.24, 2.45) is 0 Å². The Kier molecular flexibility index (Phi) is 5.45. The van der Waals surface area contributed by atoms with Crippen LogP contribution in [0.1, 0.15) is 5.56 Å². The van der Waals surface area contributed by atoms with E-state index < -0.39 is 0 Å². The van der Waals surface area contributed by atoms with E-state index in [0.717, 1.165) is 41.9 Å². The smallest absolute Gasteiger partial charge is 0.171 e. The lowest BCUT2D eigenvalue weighted by molar-refractivity contribution is 0.248. The van der Waals surface area contributed by atoms with Crippen molar-refractivity contribution in [1.29, 1.82) is 0 Å². The van der Waals surface area contributed by atoms with Gasteiger partial charge in [-0.2, -0.15) is 0 Å². The van der Waals surface area contributed by atoms with Crippen LogP contribution in [0.4, 0.5) is 10.1 Å². The Hall–Kier alpha value is -1.54. The lowest BCUT2D eigenvalue weighted by atomic mass is 10.1. The van der Waals surface area contributed by atoms with Gasteiger partial charge in [-0.15, -0.1) is 0 Å². The van der Waals surface area contributed by atoms with Gasteiger partial charge in [-0.1, -0.05) is 12.1 Å². The number of hydrogen-bond acceptors (Lipinski definition) is 4. The fourth-order valence-electron chi connectivity index (χ4n) is 2.99. The number of piperazine rings is 1. The van der Waals surface area contributed by atoms with Gasteiger partial charge in [0.15, 0.2) is 11.5 Å². The van der Waals surface area contributed by atoms with Gasteiger partial charge in [0, 0.05) is 32.7 Å². The molecular weight excluding hydrogens is 422 g/mol. The number of ether oxygens (including phenoxy) is 1. The number of phenols is 1. The summed E-state index contributed by atoms with van der Waals surface area (Å²) in [4.78, 5) is 4.42. The number of aromatic hydroxyl groups is 1. The molecule has 0 atom stereocenters. The summed E-state index contributed by atoms with van der Waals surface area (Å²) in [5.74, 6) is 0.525. The molecule has 0 radical (unpaired) electrons. The Morgan fingerprint density at radius 3 is 2.54 bits per heavy atom. The van der Waals surface area contributed by atoms with Gasteiger partial charge in [-0.25, -0.2) is 4.39 Å². The van der Waals surface area contributed by atoms with E-state index in [0.29, 0.717) is 11.4 Å². The van der Waals surface area contributed by atoms with Crippen molar-refractivity contribution in [3.63, 3.8) is 0 Å². The fraction of sp³-hybridized carbons (Fsp3) is 0.333. The van der Waals surface area contributed by atoms with Crippen LogP contribution in [0.15, 0.2) is 36.4 Å². The van der Waals surface area contributed by atoms with Crippen LogP contribution < -0.4 is 9.64 Å². The van der Waals surface area contributed by atoms with Crippen molar-refractivity contribution in [2.45, 2.75) is 6.54 Å². The topological polar surface area (TPSA) is 35.9 Å². The van der Waals surface area contributed by atoms with Crippen molar-refractivity contribution in [3.05, 3.63) is 51.3 Å². The van der Waals surface area contributed by atoms with Crippen LogP contribution in [-0.4, -0.2) is 43.3 Å². The van der Waals surface area contributed by atoms with Crippen LogP contribution in [0.2, 0.25) is 0 Å². The lowest BCUT2D eigenvalue weighted by Gasteiger charge is -2.36. The second kappa shape index (κ2) is 7.57. The molecule has 0 bridgehead atoms. The molecule has 0 aromatic heterocycles. The summed E-state index contributed by atoms with van der Waals surface area (Å²) in [5.41, 5.74) is 1.78. The molecule has 0 saturated carbocycles. The van der Waals surface area contributed by atoms with Gasteiger partial charge in [-0.3, -0.25) is 4.90 Å². The molecule has 1 fully saturated rings. The molecule has 4 nitrogen and oxygen atoms in total. The number of benzene rings is 2. The first kappa shape index (κ1) is 17.3. The molecule has 2 aromatic carbocycles. The third kappa shape index (κ3) is 3.75. The highest BCUT2D eigenvalue weighted by atomic mass is 127. The number of phenolic OH excluding ortho intramolecular Hbond substituents is 1. The SMILES string of the molecule is COc1cc(CN2CCN(c3ccccc3F)CC2)cc(I)c1O. The zero-order valence-electron chi connectivity index (χ0n) is 13.5. The molecule has 1 saturated heterocycles. The normalized spacial score (nSPS) is 15.5. The maximum absolute atomic E-state index is 13.9. The quantitative estimate of drug-likeness (QED) is 0.736. The van der Waals surface area contributed by atoms with E-state index in [1.807, 2.05) is 24.3 Å². The minimum absolute atomic E-state index is 0.163. The number of nitrogens with zero attached hydrogens (tertiary/aromatic N) is 2. The number of para-hydroxylation sites is 1. The second-order valence-corrected chi connectivity index (χ2v) is 7.01. The van der Waals surface area contributed by atoms with E-state index in [4.69, 9.17) is 4.74 Å². The van der Waals surface area contributed by atoms with E-state index in [-0.39, 0.29) is 11.6 Å². The van der Waals surface area contributed by atoms with Crippen LogP contribution in [0.3, 0.4) is 0 Å². The minimum Gasteiger partial charge on any atom is -0.504 e. The van der Waals surface area contributed by atoms with Gasteiger partial charge in [0.05, 0.1) is 16.4 Å². The van der Waals surface area contributed by atoms with Crippen molar-refractivity contribution in [3.8, 4) is 11.5 Å². The first-order valence-electron chi connectivity index (χ1n) is 7.85. The van der Waals surface area contributed by atoms with Crippen LogP contribution in [0.25, 0.3) is 0 Å². The minimum atomic E-state index is -0.163. The molecule has 1 aliphatic rings. The number of hydrogen-bond donors (Lipinski definition) is 1. The molecule has 2 aromatic rings. The predicted octanol–water partition coefficient (Wildman–Crippen LogP) is 3.47. The van der Waals surface area contributed by atoms with Gasteiger partial charge in [0.1, 0.15) is 5.82 Å². The summed E-state index contributed by atoms with van der Waals surface area (Å²) in [5, 5.41) is 9.93. The van der Waals surface area contributed by atoms with Crippen molar-refractivity contribution in [2.75, 3.05) is 38.2 Å². The zero-order chi connectivity index (χ0) is 17.1. The maximum atomic E-state index is 13.9. The van der Waals surface area contributed by atoms with Gasteiger partial charge in [0.2, 0.25) is 0 Å². The summed E-state index contributed by atoms with van der Waals surface area (Å²) < 4.78 is 19.9. The van der Waals surface area contributed by atoms with Crippen LogP contribution in [0, 0.1) is 9.39 Å². The summed E-state index contributed by atoms with van der Waals surface area (Å²) in [6.07, 6.45) is 0. The highest BCUT2D eigenvalue weighted by Crippen LogP contribution is 2.33. The molecular formula is C18H20FIN2O2. The third-order valence-corrected chi connectivity index (χ3v) is 5.10. The molecule has 0 amide bonds. The van der Waals surface area contributed by atoms with Gasteiger partial charge in [0.25, 0.3) is 0 Å². The Morgan fingerprint density at radius 2 is 1.88 bits per heavy atom. The predicted molar refractivity (Wildman–Crippen MR) is 101 cm³/mol. The highest BCUT2D eigenvalue weighted by Gasteiger charge is 2.20. The van der Waals surface area contributed by atoms with Crippen LogP contribution in [-0.2, 0) is 6.54 Å². The maximum Gasteiger partial charge on any atom is 0.171 e. The Labute approximate surface area is 155 Å². The first-order chi connectivity index (χ1) is 11.6. The standard InChI is InChI=1S/C18H20FIN2O2/c1-24-17-11-13(10-15(20)18(17)23)12-21-6-8-22(9-7-21)16-5-3-2-4-14(16)19/h2-5,10-11,23H,6-9,12H2,1H3. The summed E-state index contributed by atoms with van der Waals surface area (Å²) >= 11 is 2.11. The summed E-state index contributed by atoms with van der Waals surface area (Å²) in [7, 11) is 1.56. The highest BCUT2D eigenvalue weighted by molar-refractivity contribution is 14.1. The van der Waals surface area contributed by atoms with Crippen molar-refractivity contribution in [1.82, 2.24) is 4.90 Å². The number of anilines is 1. The monoisotopic (exact) mass is 442 g/mol. The summed E-state index contributed by atoms with van der Waals surface area (Å²) in [6.45, 7) is 4.13. The van der Waals surface area contributed by atoms with Gasteiger partial charge >= 0.3 is 0 Å². The lowest BCUT2D eigenvalue weighted by Crippen LogP contribution is -2.46. The Balaban J connectivity index is 1.64. The average molecular weight is 442 g/mol. The molecule has 1 heterocycles. The number of rotatable bonds is 4. The van der Waals surface area contributed by atoms with Crippen LogP contribution >= 0.6 is 22.6 Å². The molecule has 0 aliphatic carbocycles. The van der Waals surface area contributed by atoms with E-state index in [1.165, 1.54) is 6.07 Å². The zero-order valence-corrected chi connectivity index (χ0v) is 15.7. The Morgan fingerprint density at radius 1 is 1.17 bits per heavy atom. The molecule has 6 heteroatoms. The molecule has 128 valence electrons. The fourth-order valence-corrected chi connectivity index (χ4v) is 3.65. The second-order valence-electron chi connectivity index (χ2n) is 5.84. The van der Waals surface area contributed by atoms with Crippen LogP contribution in [0.5, 0.6) is 11.5 Å². The number of methoxy groups -OCH3 is 1. The molecule has 0 spiro atoms. The molecule has 1 aliphatic heterocycles. The average Bonchev–Trinajstić information content (AvgIpc) is 2.59. The molecule has 24 heavy (non-hydrogen) atoms. The largest absolute Gasteiger partial charge is 0.504 e. The third-order valence-electron chi connectivity index (χ3n) is 4.28. The molecule has 3 rings (SSSR count). The van der Waals surface area contributed by atoms with E-state index >= 15 is 0 Å². The van der Waals surface area contributed by atoms with Gasteiger partial charge in [-0.05, 0) is 52.4 Å². The summed E-state index contributed by atoms with van der Waals surface area (Å²) in [6, 6.07) is 10.8. The van der Waals surface area contributed by atoms with E-state index in [9.17, 15) is 9.50 Å². The van der Waals surface area contributed by atoms with Crippen molar-refractivity contribution >= 4 is 28.3 Å². The molecule has 1 N–H and O–H groups in total. The van der Waals surface area contributed by atoms with Gasteiger partial charge < -0.3 is 14.7 Å². The van der Waals surface area contributed by atoms with Crippen molar-refractivity contribution < 1.29 is 14.2 Å². The van der Waals surface area contributed by atoms with E-state index in [1.54, 1.807) is 13.2 Å². The van der Waals surface area contributed by atoms with E-state index in [2.05, 4.69) is 32.4 Å². The Bertz CT molecular complexity index is 718. The first-order valence-corrected chi connectivity index (χ1v) is 8.93.